The van der Waals surface area contributed by atoms with E-state index in [0.717, 1.165) is 19.3 Å². The van der Waals surface area contributed by atoms with E-state index in [4.69, 9.17) is 0 Å². The number of carbonyl (C=O) groups is 1. The molecule has 0 aliphatic heterocycles. The zero-order valence-corrected chi connectivity index (χ0v) is 14.3. The maximum atomic E-state index is 12.2. The highest BCUT2D eigenvalue weighted by Gasteiger charge is 2.24. The molecule has 1 aromatic heterocycles. The Morgan fingerprint density at radius 3 is 2.71 bits per heavy atom. The number of aromatic amines is 1. The molecule has 1 heterocycles. The van der Waals surface area contributed by atoms with E-state index in [9.17, 15) is 9.59 Å². The number of amides is 1. The van der Waals surface area contributed by atoms with Crippen LogP contribution in [0.4, 0.5) is 0 Å². The van der Waals surface area contributed by atoms with Gasteiger partial charge in [0.1, 0.15) is 0 Å². The molecule has 0 aliphatic rings. The largest absolute Gasteiger partial charge is 0.350 e. The molecule has 1 unspecified atom stereocenters. The third kappa shape index (κ3) is 5.22. The molecule has 7 heteroatoms. The molecule has 1 aromatic rings. The lowest BCUT2D eigenvalue weighted by molar-refractivity contribution is -0.121. The summed E-state index contributed by atoms with van der Waals surface area (Å²) in [7, 11) is 0. The van der Waals surface area contributed by atoms with E-state index in [1.165, 1.54) is 11.8 Å². The van der Waals surface area contributed by atoms with Crippen molar-refractivity contribution >= 4 is 17.7 Å². The third-order valence-corrected chi connectivity index (χ3v) is 4.55. The van der Waals surface area contributed by atoms with Crippen LogP contribution in [0.5, 0.6) is 0 Å². The highest BCUT2D eigenvalue weighted by atomic mass is 32.2. The molecule has 2 N–H and O–H groups in total. The topological polar surface area (TPSA) is 79.8 Å². The van der Waals surface area contributed by atoms with Crippen molar-refractivity contribution in [3.8, 4) is 0 Å². The van der Waals surface area contributed by atoms with Crippen molar-refractivity contribution < 1.29 is 4.79 Å². The van der Waals surface area contributed by atoms with Gasteiger partial charge in [0, 0.05) is 12.1 Å². The second-order valence-corrected chi connectivity index (χ2v) is 7.11. The highest BCUT2D eigenvalue weighted by Crippen LogP contribution is 2.21. The van der Waals surface area contributed by atoms with E-state index in [1.807, 2.05) is 27.7 Å². The molecular formula is C14H26N4O2S. The molecule has 0 aromatic carbocycles. The first kappa shape index (κ1) is 17.8. The highest BCUT2D eigenvalue weighted by molar-refractivity contribution is 8.00. The molecule has 0 fully saturated rings. The van der Waals surface area contributed by atoms with Gasteiger partial charge in [-0.1, -0.05) is 32.0 Å². The minimum Gasteiger partial charge on any atom is -0.350 e. The summed E-state index contributed by atoms with van der Waals surface area (Å²) in [5, 5.41) is 9.76. The SMILES string of the molecule is CCCCn1c(SC(C)C(=O)NC(C)(C)CC)n[nH]c1=O. The quantitative estimate of drug-likeness (QED) is 0.721. The van der Waals surface area contributed by atoms with Crippen molar-refractivity contribution in [2.24, 2.45) is 0 Å². The van der Waals surface area contributed by atoms with Crippen LogP contribution < -0.4 is 11.0 Å². The van der Waals surface area contributed by atoms with Crippen LogP contribution in [0, 0.1) is 0 Å². The van der Waals surface area contributed by atoms with Gasteiger partial charge in [0.25, 0.3) is 0 Å². The number of H-pyrrole nitrogens is 1. The lowest BCUT2D eigenvalue weighted by atomic mass is 10.0. The number of unbranched alkanes of at least 4 members (excludes halogenated alkanes) is 1. The van der Waals surface area contributed by atoms with Crippen molar-refractivity contribution in [1.82, 2.24) is 20.1 Å². The maximum Gasteiger partial charge on any atom is 0.343 e. The second kappa shape index (κ2) is 7.68. The Balaban J connectivity index is 2.72. The average molecular weight is 314 g/mol. The van der Waals surface area contributed by atoms with Gasteiger partial charge < -0.3 is 5.32 Å². The van der Waals surface area contributed by atoms with Gasteiger partial charge in [-0.05, 0) is 33.6 Å². The molecule has 0 saturated heterocycles. The Bertz CT molecular complexity index is 521. The molecule has 6 nitrogen and oxygen atoms in total. The van der Waals surface area contributed by atoms with E-state index in [1.54, 1.807) is 4.57 Å². The van der Waals surface area contributed by atoms with Crippen molar-refractivity contribution in [3.63, 3.8) is 0 Å². The van der Waals surface area contributed by atoms with Crippen LogP contribution in [0.1, 0.15) is 53.9 Å². The summed E-state index contributed by atoms with van der Waals surface area (Å²) in [5.74, 6) is -0.0376. The van der Waals surface area contributed by atoms with E-state index in [-0.39, 0.29) is 22.4 Å². The first-order valence-corrected chi connectivity index (χ1v) is 8.32. The number of carbonyl (C=O) groups excluding carboxylic acids is 1. The molecule has 0 saturated carbocycles. The van der Waals surface area contributed by atoms with Gasteiger partial charge in [-0.15, -0.1) is 5.10 Å². The van der Waals surface area contributed by atoms with Gasteiger partial charge in [-0.25, -0.2) is 9.89 Å². The van der Waals surface area contributed by atoms with Crippen molar-refractivity contribution in [1.29, 1.82) is 0 Å². The lowest BCUT2D eigenvalue weighted by Gasteiger charge is -2.26. The van der Waals surface area contributed by atoms with Crippen LogP contribution in [0.2, 0.25) is 0 Å². The predicted molar refractivity (Wildman–Crippen MR) is 85.6 cm³/mol. The predicted octanol–water partition coefficient (Wildman–Crippen LogP) is 2.16. The molecule has 0 spiro atoms. The van der Waals surface area contributed by atoms with Gasteiger partial charge in [-0.2, -0.15) is 0 Å². The molecule has 1 amide bonds. The number of nitrogens with one attached hydrogen (secondary N) is 2. The Labute approximate surface area is 130 Å². The number of rotatable bonds is 8. The van der Waals surface area contributed by atoms with Crippen LogP contribution in [0.15, 0.2) is 9.95 Å². The number of nitrogens with zero attached hydrogens (tertiary/aromatic N) is 2. The summed E-state index contributed by atoms with van der Waals surface area (Å²) in [6.45, 7) is 10.6. The number of aromatic nitrogens is 3. The fourth-order valence-corrected chi connectivity index (χ4v) is 2.52. The Morgan fingerprint density at radius 2 is 2.14 bits per heavy atom. The monoisotopic (exact) mass is 314 g/mol. The summed E-state index contributed by atoms with van der Waals surface area (Å²) in [5.41, 5.74) is -0.438. The Hall–Kier alpha value is -1.24. The van der Waals surface area contributed by atoms with Crippen LogP contribution in [-0.4, -0.2) is 31.5 Å². The average Bonchev–Trinajstić information content (AvgIpc) is 2.76. The summed E-state index contributed by atoms with van der Waals surface area (Å²) >= 11 is 1.31. The number of thioether (sulfide) groups is 1. The van der Waals surface area contributed by atoms with E-state index >= 15 is 0 Å². The fraction of sp³-hybridized carbons (Fsp3) is 0.786. The third-order valence-electron chi connectivity index (χ3n) is 3.46. The maximum absolute atomic E-state index is 12.2. The standard InChI is InChI=1S/C14H26N4O2S/c1-6-8-9-18-12(20)16-17-13(18)21-10(3)11(19)15-14(4,5)7-2/h10H,6-9H2,1-5H3,(H,15,19)(H,16,20). The van der Waals surface area contributed by atoms with Crippen LogP contribution in [0.3, 0.4) is 0 Å². The summed E-state index contributed by atoms with van der Waals surface area (Å²) in [6, 6.07) is 0. The smallest absolute Gasteiger partial charge is 0.343 e. The van der Waals surface area contributed by atoms with E-state index in [2.05, 4.69) is 22.4 Å². The Kier molecular flexibility index (Phi) is 6.51. The van der Waals surface area contributed by atoms with Crippen LogP contribution in [0.25, 0.3) is 0 Å². The van der Waals surface area contributed by atoms with Crippen molar-refractivity contribution in [3.05, 3.63) is 10.5 Å². The zero-order chi connectivity index (χ0) is 16.0. The van der Waals surface area contributed by atoms with Gasteiger partial charge >= 0.3 is 5.69 Å². The van der Waals surface area contributed by atoms with Crippen LogP contribution in [-0.2, 0) is 11.3 Å². The molecule has 21 heavy (non-hydrogen) atoms. The fourth-order valence-electron chi connectivity index (χ4n) is 1.64. The molecule has 0 aliphatic carbocycles. The first-order chi connectivity index (χ1) is 9.80. The molecular weight excluding hydrogens is 288 g/mol. The van der Waals surface area contributed by atoms with Crippen molar-refractivity contribution in [2.75, 3.05) is 0 Å². The Morgan fingerprint density at radius 1 is 1.48 bits per heavy atom. The van der Waals surface area contributed by atoms with Crippen LogP contribution >= 0.6 is 11.8 Å². The zero-order valence-electron chi connectivity index (χ0n) is 13.5. The lowest BCUT2D eigenvalue weighted by Crippen LogP contribution is -2.46. The second-order valence-electron chi connectivity index (χ2n) is 5.80. The minimum atomic E-state index is -0.300. The van der Waals surface area contributed by atoms with E-state index in [0.29, 0.717) is 11.7 Å². The molecule has 0 radical (unpaired) electrons. The molecule has 120 valence electrons. The molecule has 0 bridgehead atoms. The first-order valence-electron chi connectivity index (χ1n) is 7.44. The number of hydrogen-bond donors (Lipinski definition) is 2. The summed E-state index contributed by atoms with van der Waals surface area (Å²) in [6.07, 6.45) is 2.78. The molecule has 1 rings (SSSR count). The minimum absolute atomic E-state index is 0.0376. The number of hydrogen-bond acceptors (Lipinski definition) is 4. The molecule has 1 atom stereocenters. The summed E-state index contributed by atoms with van der Waals surface area (Å²) in [4.78, 5) is 23.9. The summed E-state index contributed by atoms with van der Waals surface area (Å²) < 4.78 is 1.60. The van der Waals surface area contributed by atoms with Gasteiger partial charge in [0.2, 0.25) is 5.91 Å². The van der Waals surface area contributed by atoms with Crippen molar-refractivity contribution in [2.45, 2.75) is 76.4 Å². The van der Waals surface area contributed by atoms with Gasteiger partial charge in [0.05, 0.1) is 5.25 Å². The van der Waals surface area contributed by atoms with E-state index < -0.39 is 0 Å². The van der Waals surface area contributed by atoms with Gasteiger partial charge in [0.15, 0.2) is 5.16 Å². The van der Waals surface area contributed by atoms with Gasteiger partial charge in [-0.3, -0.25) is 9.36 Å². The normalized spacial score (nSPS) is 13.2.